The summed E-state index contributed by atoms with van der Waals surface area (Å²) in [5.74, 6) is 0.622. The highest BCUT2D eigenvalue weighted by Crippen LogP contribution is 2.23. The van der Waals surface area contributed by atoms with Gasteiger partial charge in [-0.25, -0.2) is 0 Å². The largest absolute Gasteiger partial charge is 0.489 e. The van der Waals surface area contributed by atoms with Crippen molar-refractivity contribution in [2.24, 2.45) is 5.73 Å². The molecule has 0 saturated carbocycles. The second-order valence-electron chi connectivity index (χ2n) is 4.77. The van der Waals surface area contributed by atoms with E-state index in [4.69, 9.17) is 27.5 Å². The highest BCUT2D eigenvalue weighted by atomic mass is 35.5. The summed E-state index contributed by atoms with van der Waals surface area (Å²) in [7, 11) is 0. The molecule has 104 valence electrons. The van der Waals surface area contributed by atoms with Gasteiger partial charge in [-0.2, -0.15) is 0 Å². The van der Waals surface area contributed by atoms with Crippen LogP contribution in [0.25, 0.3) is 0 Å². The average molecular weight is 289 g/mol. The molecule has 0 atom stereocenters. The van der Waals surface area contributed by atoms with Crippen LogP contribution >= 0.6 is 11.6 Å². The third kappa shape index (κ3) is 3.31. The van der Waals surface area contributed by atoms with Crippen molar-refractivity contribution in [2.45, 2.75) is 20.5 Å². The lowest BCUT2D eigenvalue weighted by Crippen LogP contribution is -2.11. The second-order valence-corrected chi connectivity index (χ2v) is 5.18. The van der Waals surface area contributed by atoms with E-state index in [1.807, 2.05) is 0 Å². The average Bonchev–Trinajstić information content (AvgIpc) is 2.39. The zero-order chi connectivity index (χ0) is 14.7. The maximum atomic E-state index is 7.39. The number of nitrogens with two attached hydrogens (primary N) is 1. The van der Waals surface area contributed by atoms with Crippen molar-refractivity contribution in [1.29, 1.82) is 5.41 Å². The lowest BCUT2D eigenvalue weighted by atomic mass is 10.1. The summed E-state index contributed by atoms with van der Waals surface area (Å²) in [6, 6.07) is 11.4. The lowest BCUT2D eigenvalue weighted by Gasteiger charge is -2.11. The predicted molar refractivity (Wildman–Crippen MR) is 82.7 cm³/mol. The van der Waals surface area contributed by atoms with E-state index in [-0.39, 0.29) is 5.84 Å². The number of aryl methyl sites for hydroxylation is 2. The molecule has 0 fully saturated rings. The van der Waals surface area contributed by atoms with Gasteiger partial charge in [0.2, 0.25) is 0 Å². The Hall–Kier alpha value is -2.00. The Balaban J connectivity index is 2.13. The number of halogens is 1. The van der Waals surface area contributed by atoms with Crippen molar-refractivity contribution in [3.63, 3.8) is 0 Å². The van der Waals surface area contributed by atoms with Gasteiger partial charge in [0.15, 0.2) is 0 Å². The molecule has 0 aliphatic rings. The Bertz CT molecular complexity index is 653. The Kier molecular flexibility index (Phi) is 4.30. The molecule has 0 aliphatic heterocycles. The summed E-state index contributed by atoms with van der Waals surface area (Å²) < 4.78 is 5.75. The van der Waals surface area contributed by atoms with E-state index in [1.165, 1.54) is 11.1 Å². The van der Waals surface area contributed by atoms with Crippen LogP contribution in [0.2, 0.25) is 5.02 Å². The van der Waals surface area contributed by atoms with Gasteiger partial charge >= 0.3 is 0 Å². The van der Waals surface area contributed by atoms with Crippen molar-refractivity contribution in [3.8, 4) is 5.75 Å². The van der Waals surface area contributed by atoms with Gasteiger partial charge in [0.25, 0.3) is 0 Å². The number of amidine groups is 1. The molecule has 20 heavy (non-hydrogen) atoms. The van der Waals surface area contributed by atoms with Crippen LogP contribution in [0.15, 0.2) is 36.4 Å². The third-order valence-corrected chi connectivity index (χ3v) is 3.44. The molecule has 0 radical (unpaired) electrons. The van der Waals surface area contributed by atoms with Gasteiger partial charge < -0.3 is 10.5 Å². The number of nitrogens with one attached hydrogen (secondary N) is 1. The van der Waals surface area contributed by atoms with Crippen molar-refractivity contribution < 1.29 is 4.74 Å². The summed E-state index contributed by atoms with van der Waals surface area (Å²) >= 11 is 6.06. The molecule has 2 aromatic carbocycles. The zero-order valence-corrected chi connectivity index (χ0v) is 12.3. The molecular formula is C16H17ClN2O. The fourth-order valence-electron chi connectivity index (χ4n) is 1.92. The molecule has 0 spiro atoms. The number of rotatable bonds is 4. The van der Waals surface area contributed by atoms with Crippen LogP contribution in [-0.4, -0.2) is 5.84 Å². The van der Waals surface area contributed by atoms with Gasteiger partial charge in [-0.15, -0.1) is 0 Å². The molecule has 2 rings (SSSR count). The van der Waals surface area contributed by atoms with Gasteiger partial charge in [-0.1, -0.05) is 35.4 Å². The van der Waals surface area contributed by atoms with Crippen LogP contribution in [0.4, 0.5) is 0 Å². The Morgan fingerprint density at radius 3 is 2.60 bits per heavy atom. The first-order chi connectivity index (χ1) is 9.47. The highest BCUT2D eigenvalue weighted by Gasteiger charge is 2.06. The van der Waals surface area contributed by atoms with Crippen molar-refractivity contribution in [1.82, 2.24) is 0 Å². The molecule has 0 bridgehead atoms. The van der Waals surface area contributed by atoms with Crippen LogP contribution in [0.3, 0.4) is 0 Å². The minimum absolute atomic E-state index is 0.0453. The number of hydrogen-bond donors (Lipinski definition) is 2. The molecule has 0 amide bonds. The van der Waals surface area contributed by atoms with Crippen LogP contribution in [0.5, 0.6) is 5.75 Å². The van der Waals surface area contributed by atoms with Crippen LogP contribution < -0.4 is 10.5 Å². The summed E-state index contributed by atoms with van der Waals surface area (Å²) in [5, 5.41) is 7.81. The van der Waals surface area contributed by atoms with E-state index in [1.54, 1.807) is 18.2 Å². The Morgan fingerprint density at radius 1 is 1.20 bits per heavy atom. The molecule has 3 N–H and O–H groups in total. The molecule has 0 aliphatic carbocycles. The number of benzene rings is 2. The summed E-state index contributed by atoms with van der Waals surface area (Å²) in [4.78, 5) is 0. The Labute approximate surface area is 123 Å². The van der Waals surface area contributed by atoms with E-state index in [9.17, 15) is 0 Å². The molecule has 3 nitrogen and oxygen atoms in total. The van der Waals surface area contributed by atoms with Crippen molar-refractivity contribution in [3.05, 3.63) is 63.7 Å². The normalized spacial score (nSPS) is 10.3. The van der Waals surface area contributed by atoms with E-state index in [0.29, 0.717) is 22.9 Å². The summed E-state index contributed by atoms with van der Waals surface area (Å²) in [5.41, 5.74) is 9.50. The monoisotopic (exact) mass is 288 g/mol. The van der Waals surface area contributed by atoms with Crippen molar-refractivity contribution >= 4 is 17.4 Å². The molecule has 4 heteroatoms. The molecule has 0 saturated heterocycles. The topological polar surface area (TPSA) is 59.1 Å². The molecule has 2 aromatic rings. The maximum Gasteiger partial charge on any atom is 0.124 e. The zero-order valence-electron chi connectivity index (χ0n) is 11.5. The first kappa shape index (κ1) is 14.4. The SMILES string of the molecule is Cc1ccc(C)c(COc2ccc(C(=N)N)c(Cl)c2)c1. The predicted octanol–water partition coefficient (Wildman–Crippen LogP) is 3.82. The molecule has 0 aromatic heterocycles. The molecular weight excluding hydrogens is 272 g/mol. The fourth-order valence-corrected chi connectivity index (χ4v) is 2.19. The van der Waals surface area contributed by atoms with E-state index in [0.717, 1.165) is 5.56 Å². The first-order valence-corrected chi connectivity index (χ1v) is 6.68. The second kappa shape index (κ2) is 5.97. The molecule has 0 unspecified atom stereocenters. The first-order valence-electron chi connectivity index (χ1n) is 6.30. The van der Waals surface area contributed by atoms with E-state index < -0.39 is 0 Å². The quantitative estimate of drug-likeness (QED) is 0.664. The fraction of sp³-hybridized carbons (Fsp3) is 0.188. The summed E-state index contributed by atoms with van der Waals surface area (Å²) in [6.45, 7) is 4.61. The minimum Gasteiger partial charge on any atom is -0.489 e. The number of nitrogen functional groups attached to an aromatic ring is 1. The van der Waals surface area contributed by atoms with Crippen molar-refractivity contribution in [2.75, 3.05) is 0 Å². The number of ether oxygens (including phenoxy) is 1. The maximum absolute atomic E-state index is 7.39. The van der Waals surface area contributed by atoms with Crippen LogP contribution in [0.1, 0.15) is 22.3 Å². The van der Waals surface area contributed by atoms with Gasteiger partial charge in [0, 0.05) is 5.56 Å². The Morgan fingerprint density at radius 2 is 1.95 bits per heavy atom. The summed E-state index contributed by atoms with van der Waals surface area (Å²) in [6.07, 6.45) is 0. The number of hydrogen-bond acceptors (Lipinski definition) is 2. The van der Waals surface area contributed by atoms with E-state index >= 15 is 0 Å². The standard InChI is InChI=1S/C16H17ClN2O/c1-10-3-4-11(2)12(7-10)9-20-13-5-6-14(16(18)19)15(17)8-13/h3-8H,9H2,1-2H3,(H3,18,19). The lowest BCUT2D eigenvalue weighted by molar-refractivity contribution is 0.305. The van der Waals surface area contributed by atoms with Gasteiger partial charge in [-0.3, -0.25) is 5.41 Å². The van der Waals surface area contributed by atoms with Crippen LogP contribution in [-0.2, 0) is 6.61 Å². The minimum atomic E-state index is -0.0453. The smallest absolute Gasteiger partial charge is 0.124 e. The third-order valence-electron chi connectivity index (χ3n) is 3.13. The van der Waals surface area contributed by atoms with Gasteiger partial charge in [0.1, 0.15) is 18.2 Å². The van der Waals surface area contributed by atoms with Gasteiger partial charge in [0.05, 0.1) is 5.02 Å². The van der Waals surface area contributed by atoms with Crippen LogP contribution in [0, 0.1) is 19.3 Å². The molecule has 0 heterocycles. The van der Waals surface area contributed by atoms with E-state index in [2.05, 4.69) is 32.0 Å². The van der Waals surface area contributed by atoms with Gasteiger partial charge in [-0.05, 0) is 43.2 Å². The highest BCUT2D eigenvalue weighted by molar-refractivity contribution is 6.34.